The molecule has 0 saturated heterocycles. The highest BCUT2D eigenvalue weighted by Gasteiger charge is 2.20. The molecule has 2 aromatic rings. The van der Waals surface area contributed by atoms with Crippen LogP contribution in [0, 0.1) is 5.82 Å². The molecular weight excluding hydrogens is 335 g/mol. The number of nitrogen functional groups attached to an aromatic ring is 1. The maximum absolute atomic E-state index is 13.0. The Morgan fingerprint density at radius 2 is 1.86 bits per heavy atom. The summed E-state index contributed by atoms with van der Waals surface area (Å²) in [4.78, 5) is 14.1. The second-order valence-electron chi connectivity index (χ2n) is 4.88. The first-order valence-electron chi connectivity index (χ1n) is 6.48. The zero-order chi connectivity index (χ0) is 15.6. The summed E-state index contributed by atoms with van der Waals surface area (Å²) in [6, 6.07) is 11.1. The number of hydrogen-bond donors (Lipinski definition) is 1. The van der Waals surface area contributed by atoms with Crippen LogP contribution in [0.25, 0.3) is 0 Å². The van der Waals surface area contributed by atoms with Crippen molar-refractivity contribution in [2.75, 3.05) is 12.8 Å². The molecule has 3 nitrogen and oxygen atoms in total. The summed E-state index contributed by atoms with van der Waals surface area (Å²) in [5.41, 5.74) is 7.61. The maximum Gasteiger partial charge on any atom is 0.256 e. The molecule has 1 atom stereocenters. The lowest BCUT2D eigenvalue weighted by Crippen LogP contribution is -2.30. The van der Waals surface area contributed by atoms with Crippen molar-refractivity contribution in [3.8, 4) is 0 Å². The van der Waals surface area contributed by atoms with E-state index < -0.39 is 0 Å². The van der Waals surface area contributed by atoms with Gasteiger partial charge in [0.2, 0.25) is 0 Å². The first kappa shape index (κ1) is 15.5. The van der Waals surface area contributed by atoms with Crippen LogP contribution in [0.5, 0.6) is 0 Å². The van der Waals surface area contributed by atoms with Crippen molar-refractivity contribution in [1.82, 2.24) is 4.90 Å². The van der Waals surface area contributed by atoms with Gasteiger partial charge < -0.3 is 10.6 Å². The van der Waals surface area contributed by atoms with Crippen molar-refractivity contribution in [3.63, 3.8) is 0 Å². The highest BCUT2D eigenvalue weighted by Crippen LogP contribution is 2.25. The fourth-order valence-corrected chi connectivity index (χ4v) is 2.41. The number of carbonyl (C=O) groups excluding carboxylic acids is 1. The smallest absolute Gasteiger partial charge is 0.256 e. The number of hydrogen-bond acceptors (Lipinski definition) is 2. The van der Waals surface area contributed by atoms with Crippen LogP contribution in [0.15, 0.2) is 46.9 Å². The molecule has 2 rings (SSSR count). The summed E-state index contributed by atoms with van der Waals surface area (Å²) in [5, 5.41) is 0. The summed E-state index contributed by atoms with van der Waals surface area (Å²) in [6.07, 6.45) is 0. The quantitative estimate of drug-likeness (QED) is 0.850. The third kappa shape index (κ3) is 3.42. The highest BCUT2D eigenvalue weighted by atomic mass is 79.9. The number of carbonyl (C=O) groups is 1. The van der Waals surface area contributed by atoms with Crippen molar-refractivity contribution < 1.29 is 9.18 Å². The van der Waals surface area contributed by atoms with Crippen molar-refractivity contribution in [2.24, 2.45) is 0 Å². The number of anilines is 1. The van der Waals surface area contributed by atoms with E-state index in [1.165, 1.54) is 12.1 Å². The molecule has 0 aliphatic carbocycles. The molecule has 1 amide bonds. The number of halogens is 2. The molecule has 0 bridgehead atoms. The van der Waals surface area contributed by atoms with E-state index in [1.807, 2.05) is 6.92 Å². The minimum atomic E-state index is -0.295. The standard InChI is InChI=1S/C16H16BrFN2O/c1-10(11-3-6-13(18)7-4-11)20(2)16(21)14-9-12(17)5-8-15(14)19/h3-10H,19H2,1-2H3. The fraction of sp³-hybridized carbons (Fsp3) is 0.188. The Morgan fingerprint density at radius 3 is 2.48 bits per heavy atom. The van der Waals surface area contributed by atoms with Gasteiger partial charge >= 0.3 is 0 Å². The Labute approximate surface area is 131 Å². The normalized spacial score (nSPS) is 12.0. The number of rotatable bonds is 3. The monoisotopic (exact) mass is 350 g/mol. The Balaban J connectivity index is 2.26. The van der Waals surface area contributed by atoms with E-state index in [0.29, 0.717) is 11.3 Å². The number of benzene rings is 2. The molecular formula is C16H16BrFN2O. The van der Waals surface area contributed by atoms with E-state index in [1.54, 1.807) is 42.3 Å². The summed E-state index contributed by atoms with van der Waals surface area (Å²) in [5.74, 6) is -0.471. The summed E-state index contributed by atoms with van der Waals surface area (Å²) < 4.78 is 13.8. The predicted octanol–water partition coefficient (Wildman–Crippen LogP) is 4.00. The topological polar surface area (TPSA) is 46.3 Å². The van der Waals surface area contributed by atoms with Crippen LogP contribution in [0.4, 0.5) is 10.1 Å². The molecule has 0 aliphatic heterocycles. The highest BCUT2D eigenvalue weighted by molar-refractivity contribution is 9.10. The van der Waals surface area contributed by atoms with Crippen molar-refractivity contribution >= 4 is 27.5 Å². The van der Waals surface area contributed by atoms with Gasteiger partial charge in [0.1, 0.15) is 5.82 Å². The average Bonchev–Trinajstić information content (AvgIpc) is 2.48. The van der Waals surface area contributed by atoms with Crippen LogP contribution in [-0.4, -0.2) is 17.9 Å². The van der Waals surface area contributed by atoms with E-state index in [-0.39, 0.29) is 17.8 Å². The van der Waals surface area contributed by atoms with Crippen LogP contribution in [0.2, 0.25) is 0 Å². The SMILES string of the molecule is CC(c1ccc(F)cc1)N(C)C(=O)c1cc(Br)ccc1N. The minimum Gasteiger partial charge on any atom is -0.398 e. The van der Waals surface area contributed by atoms with Crippen LogP contribution < -0.4 is 5.73 Å². The zero-order valence-corrected chi connectivity index (χ0v) is 13.4. The molecule has 0 aromatic heterocycles. The second kappa shape index (κ2) is 6.26. The lowest BCUT2D eigenvalue weighted by molar-refractivity contribution is 0.0743. The Kier molecular flexibility index (Phi) is 4.63. The third-order valence-electron chi connectivity index (χ3n) is 3.50. The van der Waals surface area contributed by atoms with Gasteiger partial charge in [0.05, 0.1) is 11.6 Å². The molecule has 0 spiro atoms. The number of nitrogens with two attached hydrogens (primary N) is 1. The Morgan fingerprint density at radius 1 is 1.24 bits per heavy atom. The van der Waals surface area contributed by atoms with Gasteiger partial charge in [-0.05, 0) is 42.8 Å². The van der Waals surface area contributed by atoms with E-state index in [2.05, 4.69) is 15.9 Å². The van der Waals surface area contributed by atoms with Crippen molar-refractivity contribution in [3.05, 3.63) is 63.9 Å². The van der Waals surface area contributed by atoms with E-state index in [4.69, 9.17) is 5.73 Å². The van der Waals surface area contributed by atoms with E-state index in [9.17, 15) is 9.18 Å². The molecule has 5 heteroatoms. The lowest BCUT2D eigenvalue weighted by atomic mass is 10.1. The van der Waals surface area contributed by atoms with Crippen molar-refractivity contribution in [1.29, 1.82) is 0 Å². The van der Waals surface area contributed by atoms with Crippen LogP contribution in [0.1, 0.15) is 28.9 Å². The van der Waals surface area contributed by atoms with Gasteiger partial charge in [0.15, 0.2) is 0 Å². The molecule has 0 saturated carbocycles. The Hall–Kier alpha value is -1.88. The number of nitrogens with zero attached hydrogens (tertiary/aromatic N) is 1. The third-order valence-corrected chi connectivity index (χ3v) is 3.99. The fourth-order valence-electron chi connectivity index (χ4n) is 2.04. The van der Waals surface area contributed by atoms with E-state index in [0.717, 1.165) is 10.0 Å². The molecule has 110 valence electrons. The van der Waals surface area contributed by atoms with Crippen LogP contribution in [0.3, 0.4) is 0 Å². The average molecular weight is 351 g/mol. The van der Waals surface area contributed by atoms with Gasteiger partial charge in [-0.2, -0.15) is 0 Å². The molecule has 2 N–H and O–H groups in total. The summed E-state index contributed by atoms with van der Waals surface area (Å²) in [6.45, 7) is 1.89. The van der Waals surface area contributed by atoms with Gasteiger partial charge in [-0.15, -0.1) is 0 Å². The first-order chi connectivity index (χ1) is 9.90. The van der Waals surface area contributed by atoms with E-state index >= 15 is 0 Å². The molecule has 2 aromatic carbocycles. The molecule has 1 unspecified atom stereocenters. The predicted molar refractivity (Wildman–Crippen MR) is 85.5 cm³/mol. The lowest BCUT2D eigenvalue weighted by Gasteiger charge is -2.26. The largest absolute Gasteiger partial charge is 0.398 e. The molecule has 21 heavy (non-hydrogen) atoms. The minimum absolute atomic E-state index is 0.175. The molecule has 0 aliphatic rings. The Bertz CT molecular complexity index is 658. The zero-order valence-electron chi connectivity index (χ0n) is 11.8. The van der Waals surface area contributed by atoms with Crippen molar-refractivity contribution in [2.45, 2.75) is 13.0 Å². The van der Waals surface area contributed by atoms with Gasteiger partial charge in [-0.3, -0.25) is 4.79 Å². The van der Waals surface area contributed by atoms with Gasteiger partial charge in [-0.1, -0.05) is 28.1 Å². The summed E-state index contributed by atoms with van der Waals surface area (Å²) in [7, 11) is 1.71. The first-order valence-corrected chi connectivity index (χ1v) is 7.27. The molecule has 0 radical (unpaired) electrons. The summed E-state index contributed by atoms with van der Waals surface area (Å²) >= 11 is 3.34. The molecule has 0 fully saturated rings. The maximum atomic E-state index is 13.0. The van der Waals surface area contributed by atoms with Gasteiger partial charge in [0, 0.05) is 17.2 Å². The van der Waals surface area contributed by atoms with Crippen LogP contribution >= 0.6 is 15.9 Å². The van der Waals surface area contributed by atoms with Gasteiger partial charge in [0.25, 0.3) is 5.91 Å². The van der Waals surface area contributed by atoms with Crippen LogP contribution in [-0.2, 0) is 0 Å². The molecule has 0 heterocycles. The second-order valence-corrected chi connectivity index (χ2v) is 5.79. The number of amides is 1. The van der Waals surface area contributed by atoms with Gasteiger partial charge in [-0.25, -0.2) is 4.39 Å².